The van der Waals surface area contributed by atoms with Crippen molar-refractivity contribution in [3.05, 3.63) is 11.4 Å². The summed E-state index contributed by atoms with van der Waals surface area (Å²) in [7, 11) is -1.33. The summed E-state index contributed by atoms with van der Waals surface area (Å²) in [5.74, 6) is 2.03. The number of piperidine rings is 2. The smallest absolute Gasteiger partial charge is 0.228 e. The first-order chi connectivity index (χ1) is 17.3. The molecule has 4 fully saturated rings. The van der Waals surface area contributed by atoms with E-state index in [1.165, 1.54) is 4.31 Å². The Bertz CT molecular complexity index is 1320. The number of rotatable bonds is 5. The van der Waals surface area contributed by atoms with Crippen LogP contribution in [0.15, 0.2) is 16.4 Å². The van der Waals surface area contributed by atoms with Gasteiger partial charge in [0.25, 0.3) is 0 Å². The minimum Gasteiger partial charge on any atom is -0.341 e. The molecule has 6 heterocycles. The fourth-order valence-corrected chi connectivity index (χ4v) is 8.72. The topological polar surface area (TPSA) is 139 Å². The molecule has 3 N–H and O–H groups in total. The predicted molar refractivity (Wildman–Crippen MR) is 140 cm³/mol. The molecule has 36 heavy (non-hydrogen) atoms. The number of nitrogens with zero attached hydrogens (tertiary/aromatic N) is 6. The van der Waals surface area contributed by atoms with Crippen molar-refractivity contribution in [3.8, 4) is 6.07 Å². The Morgan fingerprint density at radius 3 is 2.64 bits per heavy atom. The molecule has 0 saturated carbocycles. The molecule has 4 saturated heterocycles. The summed E-state index contributed by atoms with van der Waals surface area (Å²) in [5.41, 5.74) is 6.32. The van der Waals surface area contributed by atoms with E-state index in [9.17, 15) is 8.42 Å². The predicted octanol–water partition coefficient (Wildman–Crippen LogP) is 1.48. The number of amidine groups is 1. The number of aliphatic imine (C=N–C) groups is 1. The van der Waals surface area contributed by atoms with Crippen LogP contribution in [0.5, 0.6) is 0 Å². The third-order valence-corrected chi connectivity index (χ3v) is 10.9. The van der Waals surface area contributed by atoms with Crippen LogP contribution >= 0.6 is 11.3 Å². The van der Waals surface area contributed by atoms with Gasteiger partial charge in [0.05, 0.1) is 22.6 Å². The summed E-state index contributed by atoms with van der Waals surface area (Å²) < 4.78 is 27.8. The average Bonchev–Trinajstić information content (AvgIpc) is 3.45. The monoisotopic (exact) mass is 529 g/mol. The Labute approximate surface area is 215 Å². The van der Waals surface area contributed by atoms with Crippen molar-refractivity contribution in [2.24, 2.45) is 10.9 Å². The summed E-state index contributed by atoms with van der Waals surface area (Å²) in [6.45, 7) is 2.78. The van der Waals surface area contributed by atoms with Crippen molar-refractivity contribution in [3.63, 3.8) is 0 Å². The number of hydrogen-bond donors (Lipinski definition) is 3. The van der Waals surface area contributed by atoms with Gasteiger partial charge in [-0.2, -0.15) is 14.6 Å². The van der Waals surface area contributed by atoms with Crippen LogP contribution in [0.2, 0.25) is 0 Å². The van der Waals surface area contributed by atoms with Crippen LogP contribution in [0.4, 0.5) is 11.8 Å². The van der Waals surface area contributed by atoms with Crippen LogP contribution in [-0.2, 0) is 10.0 Å². The van der Waals surface area contributed by atoms with E-state index in [4.69, 9.17) is 20.2 Å². The number of nitrogens with one attached hydrogen (secondary N) is 3. The van der Waals surface area contributed by atoms with Crippen LogP contribution in [0.25, 0.3) is 10.2 Å². The molecule has 0 amide bonds. The Morgan fingerprint density at radius 2 is 1.97 bits per heavy atom. The van der Waals surface area contributed by atoms with Crippen molar-refractivity contribution in [1.29, 1.82) is 5.26 Å². The van der Waals surface area contributed by atoms with Crippen LogP contribution in [0.1, 0.15) is 39.0 Å². The maximum Gasteiger partial charge on any atom is 0.228 e. The maximum absolute atomic E-state index is 13.1. The number of nitriles is 1. The van der Waals surface area contributed by atoms with Crippen LogP contribution in [0.3, 0.4) is 0 Å². The third-order valence-electron chi connectivity index (χ3n) is 7.85. The van der Waals surface area contributed by atoms with Gasteiger partial charge in [-0.15, -0.1) is 11.3 Å². The highest BCUT2D eigenvalue weighted by Gasteiger charge is 2.46. The van der Waals surface area contributed by atoms with Crippen molar-refractivity contribution in [2.45, 2.75) is 68.4 Å². The normalized spacial score (nSPS) is 32.2. The molecular weight excluding hydrogens is 498 g/mol. The Hall–Kier alpha value is -2.37. The lowest BCUT2D eigenvalue weighted by Crippen LogP contribution is -2.61. The summed E-state index contributed by atoms with van der Waals surface area (Å²) in [4.78, 5) is 17.6. The molecule has 2 aromatic rings. The molecule has 0 radical (unpaired) electrons. The molecule has 2 bridgehead atoms. The zero-order chi connectivity index (χ0) is 25.0. The molecule has 5 atom stereocenters. The molecule has 4 aliphatic rings. The van der Waals surface area contributed by atoms with E-state index in [0.29, 0.717) is 43.7 Å². The van der Waals surface area contributed by atoms with Gasteiger partial charge in [0, 0.05) is 50.7 Å². The quantitative estimate of drug-likeness (QED) is 0.526. The minimum absolute atomic E-state index is 0.123. The molecule has 192 valence electrons. The standard InChI is InChI=1S/C23H31N9O2S2/c1-13-5-20(30-29-13)26-21-19-3-4-35-22(19)28-23(27-21)31(2)17-6-15-8-18(9-16(7-17)25-15)36(33,34)32-11-14(10-24)12-32/h3-4,13-18,25,29H,5-9,11-12H2,1-2H3,(H,26,27,28,30)/t13?,15-,16+,17?,18?. The molecule has 3 unspecified atom stereocenters. The van der Waals surface area contributed by atoms with Crippen LogP contribution in [0, 0.1) is 17.2 Å². The first kappa shape index (κ1) is 24.0. The number of anilines is 1. The minimum atomic E-state index is -3.36. The van der Waals surface area contributed by atoms with Gasteiger partial charge in [-0.25, -0.2) is 23.8 Å². The number of aromatic nitrogens is 2. The van der Waals surface area contributed by atoms with Gasteiger partial charge in [0.15, 0.2) is 5.82 Å². The van der Waals surface area contributed by atoms with Gasteiger partial charge < -0.3 is 15.6 Å². The fraction of sp³-hybridized carbons (Fsp3) is 0.652. The first-order valence-corrected chi connectivity index (χ1v) is 14.9. The fourth-order valence-electron chi connectivity index (χ4n) is 5.81. The largest absolute Gasteiger partial charge is 0.341 e. The number of hydrazine groups is 1. The highest BCUT2D eigenvalue weighted by atomic mass is 32.2. The first-order valence-electron chi connectivity index (χ1n) is 12.5. The van der Waals surface area contributed by atoms with E-state index in [2.05, 4.69) is 34.1 Å². The molecule has 2 aromatic heterocycles. The van der Waals surface area contributed by atoms with E-state index in [1.54, 1.807) is 11.3 Å². The number of hydrogen-bond acceptors (Lipinski definition) is 10. The second-order valence-corrected chi connectivity index (χ2v) is 13.6. The van der Waals surface area contributed by atoms with E-state index in [-0.39, 0.29) is 29.3 Å². The lowest BCUT2D eigenvalue weighted by molar-refractivity contribution is 0.204. The second kappa shape index (κ2) is 9.18. The Kier molecular flexibility index (Phi) is 6.12. The van der Waals surface area contributed by atoms with Crippen molar-refractivity contribution >= 4 is 49.2 Å². The van der Waals surface area contributed by atoms with Crippen LogP contribution in [-0.4, -0.2) is 78.1 Å². The molecule has 0 aliphatic carbocycles. The van der Waals surface area contributed by atoms with Gasteiger partial charge in [0.2, 0.25) is 16.0 Å². The number of sulfonamides is 1. The summed E-state index contributed by atoms with van der Waals surface area (Å²) in [6, 6.07) is 4.96. The molecule has 11 nitrogen and oxygen atoms in total. The van der Waals surface area contributed by atoms with Gasteiger partial charge in [-0.05, 0) is 44.1 Å². The lowest BCUT2D eigenvalue weighted by Gasteiger charge is -2.47. The molecule has 13 heteroatoms. The average molecular weight is 530 g/mol. The summed E-state index contributed by atoms with van der Waals surface area (Å²) in [5, 5.41) is 15.2. The van der Waals surface area contributed by atoms with Crippen molar-refractivity contribution in [2.75, 3.05) is 25.0 Å². The Balaban J connectivity index is 1.19. The third kappa shape index (κ3) is 4.35. The highest BCUT2D eigenvalue weighted by Crippen LogP contribution is 2.36. The summed E-state index contributed by atoms with van der Waals surface area (Å²) in [6.07, 6.45) is 3.67. The van der Waals surface area contributed by atoms with Gasteiger partial charge in [-0.1, -0.05) is 0 Å². The van der Waals surface area contributed by atoms with Gasteiger partial charge in [0.1, 0.15) is 10.7 Å². The number of thiophene rings is 1. The zero-order valence-corrected chi connectivity index (χ0v) is 22.0. The van der Waals surface area contributed by atoms with E-state index >= 15 is 0 Å². The van der Waals surface area contributed by atoms with Gasteiger partial charge >= 0.3 is 0 Å². The van der Waals surface area contributed by atoms with Crippen LogP contribution < -0.4 is 21.1 Å². The van der Waals surface area contributed by atoms with E-state index in [0.717, 1.165) is 35.3 Å². The lowest BCUT2D eigenvalue weighted by atomic mass is 9.83. The molecule has 6 rings (SSSR count). The molecule has 0 aromatic carbocycles. The van der Waals surface area contributed by atoms with E-state index in [1.807, 2.05) is 18.5 Å². The molecular formula is C23H31N9O2S2. The Morgan fingerprint density at radius 1 is 1.22 bits per heavy atom. The molecule has 4 aliphatic heterocycles. The highest BCUT2D eigenvalue weighted by molar-refractivity contribution is 7.89. The van der Waals surface area contributed by atoms with Crippen molar-refractivity contribution in [1.82, 2.24) is 30.4 Å². The maximum atomic E-state index is 13.1. The van der Waals surface area contributed by atoms with E-state index < -0.39 is 10.0 Å². The zero-order valence-electron chi connectivity index (χ0n) is 20.4. The van der Waals surface area contributed by atoms with Crippen molar-refractivity contribution < 1.29 is 8.42 Å². The number of fused-ring (bicyclic) bond motifs is 3. The van der Waals surface area contributed by atoms with Gasteiger partial charge in [-0.3, -0.25) is 0 Å². The molecule has 0 spiro atoms. The second-order valence-electron chi connectivity index (χ2n) is 10.5. The summed E-state index contributed by atoms with van der Waals surface area (Å²) >= 11 is 1.58. The SMILES string of the molecule is CC1CC(=Nc2nc(N(C)C3C[C@@H]4CC(S(=O)(=O)N5CC(C#N)C5)C[C@H](C3)N4)nc3sccc23)NN1.